The van der Waals surface area contributed by atoms with E-state index in [1.807, 2.05) is 12.3 Å². The number of aryl methyl sites for hydroxylation is 1. The van der Waals surface area contributed by atoms with Crippen molar-refractivity contribution in [1.82, 2.24) is 9.88 Å². The maximum Gasteiger partial charge on any atom is 0.120 e. The van der Waals surface area contributed by atoms with Crippen LogP contribution >= 0.6 is 12.2 Å². The molecule has 0 saturated carbocycles. The third kappa shape index (κ3) is 3.21. The summed E-state index contributed by atoms with van der Waals surface area (Å²) in [5.41, 5.74) is 7.94. The van der Waals surface area contributed by atoms with Crippen molar-refractivity contribution in [3.05, 3.63) is 29.6 Å². The minimum absolute atomic E-state index is 0.122. The van der Waals surface area contributed by atoms with Crippen molar-refractivity contribution >= 4 is 17.2 Å². The molecule has 1 aliphatic heterocycles. The zero-order valence-corrected chi connectivity index (χ0v) is 10.7. The van der Waals surface area contributed by atoms with Crippen LogP contribution in [0.3, 0.4) is 0 Å². The number of nitrogens with two attached hydrogens (primary N) is 1. The average Bonchev–Trinajstić information content (AvgIpc) is 2.32. The molecule has 2 rings (SSSR count). The summed E-state index contributed by atoms with van der Waals surface area (Å²) in [5, 5.41) is 0. The summed E-state index contributed by atoms with van der Waals surface area (Å²) in [7, 11) is 0. The molecule has 17 heavy (non-hydrogen) atoms. The summed E-state index contributed by atoms with van der Waals surface area (Å²) in [6.07, 6.45) is 1.70. The van der Waals surface area contributed by atoms with Gasteiger partial charge in [-0.1, -0.05) is 18.3 Å². The lowest BCUT2D eigenvalue weighted by Gasteiger charge is -2.32. The highest BCUT2D eigenvalue weighted by Crippen LogP contribution is 2.11. The molecule has 0 amide bonds. The summed E-state index contributed by atoms with van der Waals surface area (Å²) < 4.78 is 5.51. The summed E-state index contributed by atoms with van der Waals surface area (Å²) in [4.78, 5) is 7.11. The van der Waals surface area contributed by atoms with Crippen molar-refractivity contribution in [1.29, 1.82) is 0 Å². The van der Waals surface area contributed by atoms with Gasteiger partial charge in [0, 0.05) is 25.8 Å². The Hall–Kier alpha value is -1.04. The maximum atomic E-state index is 5.62. The number of thiocarbonyl (C=S) groups is 1. The molecule has 1 aromatic heterocycles. The second-order valence-corrected chi connectivity index (χ2v) is 4.74. The zero-order chi connectivity index (χ0) is 12.3. The lowest BCUT2D eigenvalue weighted by atomic mass is 10.2. The Morgan fingerprint density at radius 1 is 1.71 bits per heavy atom. The van der Waals surface area contributed by atoms with Crippen LogP contribution in [0.15, 0.2) is 18.3 Å². The molecule has 0 aromatic carbocycles. The minimum Gasteiger partial charge on any atom is -0.391 e. The normalized spacial score (nSPS) is 21.4. The molecule has 1 aliphatic rings. The van der Waals surface area contributed by atoms with Gasteiger partial charge in [-0.15, -0.1) is 0 Å². The Balaban J connectivity index is 1.99. The largest absolute Gasteiger partial charge is 0.391 e. The van der Waals surface area contributed by atoms with Crippen molar-refractivity contribution in [3.8, 4) is 0 Å². The molecule has 0 spiro atoms. The van der Waals surface area contributed by atoms with E-state index in [1.165, 1.54) is 5.56 Å². The van der Waals surface area contributed by atoms with Crippen LogP contribution in [0, 0.1) is 6.92 Å². The molecule has 0 aliphatic carbocycles. The van der Waals surface area contributed by atoms with Crippen molar-refractivity contribution in [2.75, 3.05) is 19.7 Å². The average molecular weight is 251 g/mol. The van der Waals surface area contributed by atoms with Gasteiger partial charge in [0.1, 0.15) is 11.1 Å². The van der Waals surface area contributed by atoms with Gasteiger partial charge in [0.15, 0.2) is 0 Å². The first-order valence-corrected chi connectivity index (χ1v) is 6.11. The van der Waals surface area contributed by atoms with Crippen LogP contribution in [0.4, 0.5) is 0 Å². The monoisotopic (exact) mass is 251 g/mol. The third-order valence-electron chi connectivity index (χ3n) is 2.96. The van der Waals surface area contributed by atoms with E-state index in [-0.39, 0.29) is 6.10 Å². The fourth-order valence-electron chi connectivity index (χ4n) is 1.91. The van der Waals surface area contributed by atoms with Gasteiger partial charge in [-0.3, -0.25) is 9.88 Å². The third-order valence-corrected chi connectivity index (χ3v) is 3.22. The minimum atomic E-state index is -0.122. The molecule has 92 valence electrons. The predicted octanol–water partition coefficient (Wildman–Crippen LogP) is 0.877. The smallest absolute Gasteiger partial charge is 0.120 e. The molecule has 2 heterocycles. The van der Waals surface area contributed by atoms with Crippen LogP contribution in [0.1, 0.15) is 11.3 Å². The Bertz CT molecular complexity index is 410. The summed E-state index contributed by atoms with van der Waals surface area (Å²) in [6, 6.07) is 4.03. The second kappa shape index (κ2) is 5.53. The number of morpholine rings is 1. The van der Waals surface area contributed by atoms with E-state index in [0.717, 1.165) is 25.3 Å². The first-order valence-electron chi connectivity index (χ1n) is 5.70. The van der Waals surface area contributed by atoms with Crippen molar-refractivity contribution < 1.29 is 4.74 Å². The van der Waals surface area contributed by atoms with Gasteiger partial charge in [0.2, 0.25) is 0 Å². The Morgan fingerprint density at radius 3 is 3.24 bits per heavy atom. The standard InChI is InChI=1S/C12H17N3OS/c1-9-3-2-4-14-10(9)7-15-5-6-16-11(8-15)12(13)17/h2-4,11H,5-8H2,1H3,(H2,13,17). The van der Waals surface area contributed by atoms with Crippen LogP contribution in [-0.4, -0.2) is 40.7 Å². The number of hydrogen-bond donors (Lipinski definition) is 1. The number of nitrogens with zero attached hydrogens (tertiary/aromatic N) is 2. The maximum absolute atomic E-state index is 5.62. The molecule has 0 radical (unpaired) electrons. The molecule has 1 saturated heterocycles. The van der Waals surface area contributed by atoms with Gasteiger partial charge in [-0.2, -0.15) is 0 Å². The number of aromatic nitrogens is 1. The van der Waals surface area contributed by atoms with Crippen LogP contribution in [0.25, 0.3) is 0 Å². The summed E-state index contributed by atoms with van der Waals surface area (Å²) >= 11 is 4.97. The van der Waals surface area contributed by atoms with Gasteiger partial charge in [0.25, 0.3) is 0 Å². The molecule has 1 unspecified atom stereocenters. The van der Waals surface area contributed by atoms with Crippen molar-refractivity contribution in [3.63, 3.8) is 0 Å². The van der Waals surface area contributed by atoms with Crippen molar-refractivity contribution in [2.45, 2.75) is 19.6 Å². The lowest BCUT2D eigenvalue weighted by molar-refractivity contribution is 0.00339. The molecule has 4 nitrogen and oxygen atoms in total. The first kappa shape index (κ1) is 12.4. The fraction of sp³-hybridized carbons (Fsp3) is 0.500. The quantitative estimate of drug-likeness (QED) is 0.808. The fourth-order valence-corrected chi connectivity index (χ4v) is 2.06. The van der Waals surface area contributed by atoms with Gasteiger partial charge in [-0.05, 0) is 18.6 Å². The van der Waals surface area contributed by atoms with E-state index < -0.39 is 0 Å². The van der Waals surface area contributed by atoms with Crippen LogP contribution in [0.2, 0.25) is 0 Å². The lowest BCUT2D eigenvalue weighted by Crippen LogP contribution is -2.47. The van der Waals surface area contributed by atoms with E-state index in [9.17, 15) is 0 Å². The van der Waals surface area contributed by atoms with Gasteiger partial charge in [0.05, 0.1) is 12.3 Å². The first-order chi connectivity index (χ1) is 8.16. The molecular weight excluding hydrogens is 234 g/mol. The molecular formula is C12H17N3OS. The number of hydrogen-bond acceptors (Lipinski definition) is 4. The highest BCUT2D eigenvalue weighted by Gasteiger charge is 2.22. The van der Waals surface area contributed by atoms with Gasteiger partial charge < -0.3 is 10.5 Å². The molecule has 2 N–H and O–H groups in total. The Labute approximate surface area is 107 Å². The molecule has 1 aromatic rings. The van der Waals surface area contributed by atoms with E-state index in [0.29, 0.717) is 11.6 Å². The zero-order valence-electron chi connectivity index (χ0n) is 9.93. The summed E-state index contributed by atoms with van der Waals surface area (Å²) in [6.45, 7) is 5.23. The number of pyridine rings is 1. The molecule has 5 heteroatoms. The van der Waals surface area contributed by atoms with Crippen LogP contribution < -0.4 is 5.73 Å². The number of rotatable bonds is 3. The van der Waals surface area contributed by atoms with E-state index in [4.69, 9.17) is 22.7 Å². The van der Waals surface area contributed by atoms with Crippen LogP contribution in [-0.2, 0) is 11.3 Å². The molecule has 1 atom stereocenters. The van der Waals surface area contributed by atoms with Crippen LogP contribution in [0.5, 0.6) is 0 Å². The highest BCUT2D eigenvalue weighted by atomic mass is 32.1. The van der Waals surface area contributed by atoms with Gasteiger partial charge in [-0.25, -0.2) is 0 Å². The van der Waals surface area contributed by atoms with E-state index in [2.05, 4.69) is 22.9 Å². The molecule has 1 fully saturated rings. The Kier molecular flexibility index (Phi) is 4.04. The predicted molar refractivity (Wildman–Crippen MR) is 70.8 cm³/mol. The number of ether oxygens (including phenoxy) is 1. The molecule has 0 bridgehead atoms. The summed E-state index contributed by atoms with van der Waals surface area (Å²) in [5.74, 6) is 0. The topological polar surface area (TPSA) is 51.4 Å². The van der Waals surface area contributed by atoms with Gasteiger partial charge >= 0.3 is 0 Å². The highest BCUT2D eigenvalue weighted by molar-refractivity contribution is 7.80. The van der Waals surface area contributed by atoms with Crippen molar-refractivity contribution in [2.24, 2.45) is 5.73 Å². The van der Waals surface area contributed by atoms with E-state index >= 15 is 0 Å². The Morgan fingerprint density at radius 2 is 2.53 bits per heavy atom. The SMILES string of the molecule is Cc1cccnc1CN1CCOC(C(N)=S)C1. The van der Waals surface area contributed by atoms with E-state index in [1.54, 1.807) is 0 Å². The second-order valence-electron chi connectivity index (χ2n) is 4.26.